The number of non-ortho nitro benzene ring substituents is 1. The monoisotopic (exact) mass is 572 g/mol. The van der Waals surface area contributed by atoms with Crippen LogP contribution in [0.2, 0.25) is 0 Å². The molecule has 0 unspecified atom stereocenters. The molecule has 2 aromatic carbocycles. The topological polar surface area (TPSA) is 118 Å². The van der Waals surface area contributed by atoms with Crippen LogP contribution < -0.4 is 19.6 Å². The molecule has 2 aromatic heterocycles. The molecule has 5 rings (SSSR count). The zero-order valence-electron chi connectivity index (χ0n) is 22.9. The molecule has 3 heterocycles. The molecule has 0 saturated carbocycles. The molecular formula is C30H28N4O6S. The second-order valence-electron chi connectivity index (χ2n) is 9.62. The largest absolute Gasteiger partial charge is 0.494 e. The first kappa shape index (κ1) is 27.8. The van der Waals surface area contributed by atoms with Crippen LogP contribution in [0.15, 0.2) is 87.9 Å². The van der Waals surface area contributed by atoms with Gasteiger partial charge in [0.25, 0.3) is 11.2 Å². The number of ether oxygens (including phenoxy) is 2. The summed E-state index contributed by atoms with van der Waals surface area (Å²) in [6.45, 7) is 7.69. The van der Waals surface area contributed by atoms with Crippen LogP contribution in [0.25, 0.3) is 11.8 Å². The van der Waals surface area contributed by atoms with Crippen molar-refractivity contribution in [1.82, 2.24) is 9.13 Å². The van der Waals surface area contributed by atoms with E-state index in [1.807, 2.05) is 25.1 Å². The van der Waals surface area contributed by atoms with E-state index < -0.39 is 16.9 Å². The van der Waals surface area contributed by atoms with Gasteiger partial charge in [-0.2, -0.15) is 0 Å². The average Bonchev–Trinajstić information content (AvgIpc) is 3.52. The van der Waals surface area contributed by atoms with E-state index in [1.165, 1.54) is 28.0 Å². The van der Waals surface area contributed by atoms with Crippen molar-refractivity contribution >= 4 is 29.1 Å². The predicted molar refractivity (Wildman–Crippen MR) is 155 cm³/mol. The van der Waals surface area contributed by atoms with Crippen LogP contribution in [0.1, 0.15) is 45.0 Å². The van der Waals surface area contributed by atoms with Crippen molar-refractivity contribution in [3.63, 3.8) is 0 Å². The number of thiazole rings is 1. The number of rotatable bonds is 8. The number of esters is 1. The lowest BCUT2D eigenvalue weighted by atomic mass is 9.96. The second kappa shape index (κ2) is 11.4. The third-order valence-corrected chi connectivity index (χ3v) is 7.45. The molecule has 0 spiro atoms. The van der Waals surface area contributed by atoms with Gasteiger partial charge >= 0.3 is 5.97 Å². The number of aromatic nitrogens is 2. The number of carbonyl (C=O) groups is 1. The second-order valence-corrected chi connectivity index (χ2v) is 10.6. The lowest BCUT2D eigenvalue weighted by molar-refractivity contribution is -0.384. The third kappa shape index (κ3) is 5.48. The van der Waals surface area contributed by atoms with E-state index in [4.69, 9.17) is 9.47 Å². The lowest BCUT2D eigenvalue weighted by Gasteiger charge is -2.25. The summed E-state index contributed by atoms with van der Waals surface area (Å²) in [4.78, 5) is 43.2. The minimum absolute atomic E-state index is 0.0341. The third-order valence-electron chi connectivity index (χ3n) is 6.47. The zero-order chi connectivity index (χ0) is 29.3. The molecular weight excluding hydrogens is 544 g/mol. The number of nitro benzene ring substituents is 1. The molecule has 41 heavy (non-hydrogen) atoms. The molecule has 1 aliphatic heterocycles. The summed E-state index contributed by atoms with van der Waals surface area (Å²) in [5.41, 5.74) is 2.37. The van der Waals surface area contributed by atoms with Gasteiger partial charge in [-0.3, -0.25) is 19.5 Å². The smallest absolute Gasteiger partial charge is 0.338 e. The number of nitrogens with zero attached hydrogens (tertiary/aromatic N) is 4. The highest BCUT2D eigenvalue weighted by Gasteiger charge is 2.33. The minimum Gasteiger partial charge on any atom is -0.494 e. The number of hydrogen-bond donors (Lipinski definition) is 0. The molecule has 11 heteroatoms. The van der Waals surface area contributed by atoms with Crippen molar-refractivity contribution in [3.8, 4) is 11.4 Å². The Labute approximate surface area is 239 Å². The molecule has 0 radical (unpaired) electrons. The normalized spacial score (nSPS) is 15.0. The summed E-state index contributed by atoms with van der Waals surface area (Å²) in [6.07, 6.45) is 3.15. The molecule has 4 aromatic rings. The number of fused-ring (bicyclic) bond motifs is 1. The lowest BCUT2D eigenvalue weighted by Crippen LogP contribution is -2.40. The van der Waals surface area contributed by atoms with E-state index in [9.17, 15) is 19.7 Å². The Bertz CT molecular complexity index is 1850. The Hall–Kier alpha value is -4.77. The van der Waals surface area contributed by atoms with Gasteiger partial charge < -0.3 is 14.0 Å². The van der Waals surface area contributed by atoms with E-state index in [2.05, 4.69) is 4.99 Å². The Morgan fingerprint density at radius 2 is 1.93 bits per heavy atom. The summed E-state index contributed by atoms with van der Waals surface area (Å²) in [5, 5.41) is 11.3. The van der Waals surface area contributed by atoms with Crippen LogP contribution >= 0.6 is 11.3 Å². The summed E-state index contributed by atoms with van der Waals surface area (Å²) in [7, 11) is 0. The first-order valence-corrected chi connectivity index (χ1v) is 13.9. The first-order valence-electron chi connectivity index (χ1n) is 13.1. The molecule has 1 atom stereocenters. The van der Waals surface area contributed by atoms with E-state index in [0.29, 0.717) is 49.9 Å². The summed E-state index contributed by atoms with van der Waals surface area (Å²) < 4.78 is 14.8. The van der Waals surface area contributed by atoms with Crippen molar-refractivity contribution in [2.24, 2.45) is 4.99 Å². The fourth-order valence-corrected chi connectivity index (χ4v) is 5.76. The highest BCUT2D eigenvalue weighted by Crippen LogP contribution is 2.32. The number of carbonyl (C=O) groups excluding carboxylic acids is 1. The average molecular weight is 573 g/mol. The molecule has 0 aliphatic carbocycles. The van der Waals surface area contributed by atoms with Crippen molar-refractivity contribution in [2.75, 3.05) is 6.61 Å². The summed E-state index contributed by atoms with van der Waals surface area (Å²) >= 11 is 1.21. The van der Waals surface area contributed by atoms with Crippen molar-refractivity contribution < 1.29 is 19.2 Å². The van der Waals surface area contributed by atoms with Gasteiger partial charge in [-0.1, -0.05) is 29.5 Å². The maximum absolute atomic E-state index is 14.0. The molecule has 0 fully saturated rings. The standard InChI is InChI=1S/C30H28N4O6S/c1-5-39-24-13-11-20(12-14-24)27-26(29(36)40-18(2)3)19(4)31-30-33(27)28(35)25(41-30)17-22-10-7-15-32(22)21-8-6-9-23(16-21)34(37)38/h6-18,27H,5H2,1-4H3/b25-17+/t27-/m1/s1. The Kier molecular flexibility index (Phi) is 7.71. The van der Waals surface area contributed by atoms with Crippen LogP contribution in [-0.4, -0.2) is 32.7 Å². The fourth-order valence-electron chi connectivity index (χ4n) is 4.73. The van der Waals surface area contributed by atoms with E-state index >= 15 is 0 Å². The van der Waals surface area contributed by atoms with Crippen LogP contribution in [0, 0.1) is 10.1 Å². The number of benzene rings is 2. The fraction of sp³-hybridized carbons (Fsp3) is 0.233. The maximum Gasteiger partial charge on any atom is 0.338 e. The summed E-state index contributed by atoms with van der Waals surface area (Å²) in [5.74, 6) is 0.145. The van der Waals surface area contributed by atoms with Gasteiger partial charge in [-0.15, -0.1) is 0 Å². The van der Waals surface area contributed by atoms with Crippen molar-refractivity contribution in [2.45, 2.75) is 39.8 Å². The zero-order valence-corrected chi connectivity index (χ0v) is 23.8. The minimum atomic E-state index is -0.751. The highest BCUT2D eigenvalue weighted by atomic mass is 32.1. The van der Waals surface area contributed by atoms with E-state index in [1.54, 1.807) is 67.9 Å². The van der Waals surface area contributed by atoms with Crippen LogP contribution in [0.3, 0.4) is 0 Å². The van der Waals surface area contributed by atoms with Gasteiger partial charge in [0.2, 0.25) is 0 Å². The molecule has 10 nitrogen and oxygen atoms in total. The Morgan fingerprint density at radius 1 is 1.17 bits per heavy atom. The molecule has 0 amide bonds. The molecule has 210 valence electrons. The number of hydrogen-bond acceptors (Lipinski definition) is 8. The molecule has 0 saturated heterocycles. The number of nitro groups is 1. The SMILES string of the molecule is CCOc1ccc([C@@H]2C(C(=O)OC(C)C)=C(C)N=c3s/c(=C/c4cccn4-c4cccc([N+](=O)[O-])c4)c(=O)n32)cc1. The van der Waals surface area contributed by atoms with E-state index in [0.717, 1.165) is 0 Å². The van der Waals surface area contributed by atoms with Gasteiger partial charge in [-0.05, 0) is 69.7 Å². The van der Waals surface area contributed by atoms with Crippen molar-refractivity contribution in [1.29, 1.82) is 0 Å². The summed E-state index contributed by atoms with van der Waals surface area (Å²) in [6, 6.07) is 16.4. The van der Waals surface area contributed by atoms with Crippen molar-refractivity contribution in [3.05, 3.63) is 119 Å². The Morgan fingerprint density at radius 3 is 2.61 bits per heavy atom. The Balaban J connectivity index is 1.66. The van der Waals surface area contributed by atoms with Gasteiger partial charge in [-0.25, -0.2) is 9.79 Å². The van der Waals surface area contributed by atoms with Crippen LogP contribution in [0.5, 0.6) is 5.75 Å². The first-order chi connectivity index (χ1) is 19.7. The van der Waals surface area contributed by atoms with Crippen LogP contribution in [0.4, 0.5) is 5.69 Å². The van der Waals surface area contributed by atoms with Gasteiger partial charge in [0.15, 0.2) is 4.80 Å². The van der Waals surface area contributed by atoms with Gasteiger partial charge in [0, 0.05) is 24.0 Å². The maximum atomic E-state index is 14.0. The molecule has 0 N–H and O–H groups in total. The quantitative estimate of drug-likeness (QED) is 0.177. The molecule has 1 aliphatic rings. The highest BCUT2D eigenvalue weighted by molar-refractivity contribution is 7.07. The number of allylic oxidation sites excluding steroid dienone is 1. The van der Waals surface area contributed by atoms with Crippen LogP contribution in [-0.2, 0) is 9.53 Å². The predicted octanol–water partition coefficient (Wildman–Crippen LogP) is 4.28. The molecule has 0 bridgehead atoms. The van der Waals surface area contributed by atoms with E-state index in [-0.39, 0.29) is 17.4 Å². The van der Waals surface area contributed by atoms with Gasteiger partial charge in [0.1, 0.15) is 5.75 Å². The van der Waals surface area contributed by atoms with Gasteiger partial charge in [0.05, 0.1) is 45.2 Å².